The van der Waals surface area contributed by atoms with Crippen LogP contribution in [0.15, 0.2) is 48.5 Å². The van der Waals surface area contributed by atoms with E-state index in [1.54, 1.807) is 36.2 Å². The molecule has 1 N–H and O–H groups in total. The van der Waals surface area contributed by atoms with Crippen molar-refractivity contribution < 1.29 is 18.0 Å². The summed E-state index contributed by atoms with van der Waals surface area (Å²) in [5.74, 6) is -0.213. The monoisotopic (exact) mass is 370 g/mol. The summed E-state index contributed by atoms with van der Waals surface area (Å²) in [4.78, 5) is 13.6. The van der Waals surface area contributed by atoms with Crippen molar-refractivity contribution in [3.05, 3.63) is 70.2 Å². The number of hydrogen-bond acceptors (Lipinski definition) is 2. The van der Waals surface area contributed by atoms with Gasteiger partial charge >= 0.3 is 6.18 Å². The normalized spacial score (nSPS) is 11.6. The molecule has 0 spiro atoms. The van der Waals surface area contributed by atoms with Gasteiger partial charge in [0.2, 0.25) is 5.91 Å². The molecule has 7 heteroatoms. The number of benzene rings is 2. The van der Waals surface area contributed by atoms with Crippen LogP contribution in [0.4, 0.5) is 13.2 Å². The molecule has 134 valence electrons. The van der Waals surface area contributed by atoms with Crippen molar-refractivity contribution in [1.82, 2.24) is 10.2 Å². The lowest BCUT2D eigenvalue weighted by atomic mass is 10.1. The van der Waals surface area contributed by atoms with Gasteiger partial charge in [-0.05, 0) is 36.4 Å². The van der Waals surface area contributed by atoms with E-state index < -0.39 is 11.7 Å². The number of likely N-dealkylation sites (N-methyl/N-ethyl adjacent to an activating group) is 1. The molecule has 0 fully saturated rings. The molecule has 0 aromatic heterocycles. The molecule has 0 aliphatic carbocycles. The van der Waals surface area contributed by atoms with Crippen LogP contribution in [0.2, 0.25) is 5.02 Å². The number of carbonyl (C=O) groups is 1. The van der Waals surface area contributed by atoms with Crippen molar-refractivity contribution in [2.24, 2.45) is 0 Å². The van der Waals surface area contributed by atoms with Crippen molar-refractivity contribution >= 4 is 17.5 Å². The van der Waals surface area contributed by atoms with E-state index in [9.17, 15) is 18.0 Å². The molecular weight excluding hydrogens is 353 g/mol. The molecule has 2 rings (SSSR count). The largest absolute Gasteiger partial charge is 0.416 e. The molecule has 2 aromatic carbocycles. The van der Waals surface area contributed by atoms with Gasteiger partial charge < -0.3 is 5.32 Å². The predicted molar refractivity (Wildman–Crippen MR) is 91.1 cm³/mol. The first-order valence-electron chi connectivity index (χ1n) is 7.60. The summed E-state index contributed by atoms with van der Waals surface area (Å²) in [6, 6.07) is 12.2. The van der Waals surface area contributed by atoms with Gasteiger partial charge in [0.1, 0.15) is 0 Å². The van der Waals surface area contributed by atoms with Crippen molar-refractivity contribution in [3.63, 3.8) is 0 Å². The highest BCUT2D eigenvalue weighted by atomic mass is 35.5. The Labute approximate surface area is 149 Å². The zero-order chi connectivity index (χ0) is 18.4. The fraction of sp³-hybridized carbons (Fsp3) is 0.278. The highest BCUT2D eigenvalue weighted by Crippen LogP contribution is 2.29. The zero-order valence-electron chi connectivity index (χ0n) is 13.6. The Kier molecular flexibility index (Phi) is 6.45. The maximum Gasteiger partial charge on any atom is 0.416 e. The highest BCUT2D eigenvalue weighted by Gasteiger charge is 2.30. The fourth-order valence-electron chi connectivity index (χ4n) is 2.36. The highest BCUT2D eigenvalue weighted by molar-refractivity contribution is 6.30. The van der Waals surface area contributed by atoms with Crippen LogP contribution in [0.25, 0.3) is 0 Å². The minimum absolute atomic E-state index is 0.0802. The number of nitrogens with one attached hydrogen (secondary N) is 1. The molecule has 0 radical (unpaired) electrons. The molecule has 3 nitrogen and oxygen atoms in total. The van der Waals surface area contributed by atoms with Crippen LogP contribution in [0.3, 0.4) is 0 Å². The Bertz CT molecular complexity index is 734. The zero-order valence-corrected chi connectivity index (χ0v) is 14.4. The number of alkyl halides is 3. The van der Waals surface area contributed by atoms with Gasteiger partial charge in [0, 0.05) is 18.1 Å². The molecule has 0 saturated carbocycles. The maximum absolute atomic E-state index is 12.7. The Morgan fingerprint density at radius 3 is 2.48 bits per heavy atom. The van der Waals surface area contributed by atoms with E-state index in [-0.39, 0.29) is 19.0 Å². The average molecular weight is 371 g/mol. The van der Waals surface area contributed by atoms with Gasteiger partial charge in [-0.2, -0.15) is 13.2 Å². The van der Waals surface area contributed by atoms with Crippen LogP contribution in [-0.2, 0) is 24.1 Å². The Balaban J connectivity index is 1.85. The summed E-state index contributed by atoms with van der Waals surface area (Å²) in [6.07, 6.45) is -4.37. The molecule has 0 aliphatic heterocycles. The molecule has 0 bridgehead atoms. The molecule has 1 amide bonds. The van der Waals surface area contributed by atoms with E-state index in [2.05, 4.69) is 5.32 Å². The lowest BCUT2D eigenvalue weighted by molar-refractivity contribution is -0.137. The minimum Gasteiger partial charge on any atom is -0.351 e. The maximum atomic E-state index is 12.7. The van der Waals surface area contributed by atoms with Gasteiger partial charge in [0.25, 0.3) is 0 Å². The number of carbonyl (C=O) groups excluding carboxylic acids is 1. The molecule has 2 aromatic rings. The van der Waals surface area contributed by atoms with E-state index in [1.807, 2.05) is 6.07 Å². The molecule has 0 atom stereocenters. The molecule has 0 saturated heterocycles. The third-order valence-electron chi connectivity index (χ3n) is 3.50. The van der Waals surface area contributed by atoms with Crippen LogP contribution in [-0.4, -0.2) is 24.4 Å². The van der Waals surface area contributed by atoms with E-state index in [0.29, 0.717) is 17.1 Å². The van der Waals surface area contributed by atoms with Crippen molar-refractivity contribution in [2.45, 2.75) is 19.3 Å². The number of amides is 1. The summed E-state index contributed by atoms with van der Waals surface area (Å²) >= 11 is 5.88. The van der Waals surface area contributed by atoms with E-state index in [4.69, 9.17) is 11.6 Å². The van der Waals surface area contributed by atoms with Crippen LogP contribution in [0.5, 0.6) is 0 Å². The summed E-state index contributed by atoms with van der Waals surface area (Å²) in [7, 11) is 1.68. The van der Waals surface area contributed by atoms with Gasteiger partial charge in [0.05, 0.1) is 12.1 Å². The predicted octanol–water partition coefficient (Wildman–Crippen LogP) is 4.11. The SMILES string of the molecule is CN(CC(=O)NCc1cccc(Cl)c1)Cc1cccc(C(F)(F)F)c1. The fourth-order valence-corrected chi connectivity index (χ4v) is 2.58. The van der Waals surface area contributed by atoms with Gasteiger partial charge in [0.15, 0.2) is 0 Å². The average Bonchev–Trinajstić information content (AvgIpc) is 2.52. The van der Waals surface area contributed by atoms with E-state index >= 15 is 0 Å². The molecule has 25 heavy (non-hydrogen) atoms. The lowest BCUT2D eigenvalue weighted by Crippen LogP contribution is -2.34. The Morgan fingerprint density at radius 1 is 1.12 bits per heavy atom. The van der Waals surface area contributed by atoms with Gasteiger partial charge in [-0.25, -0.2) is 0 Å². The first-order chi connectivity index (χ1) is 11.7. The van der Waals surface area contributed by atoms with Crippen LogP contribution in [0.1, 0.15) is 16.7 Å². The summed E-state index contributed by atoms with van der Waals surface area (Å²) in [5.41, 5.74) is 0.685. The van der Waals surface area contributed by atoms with Crippen LogP contribution < -0.4 is 5.32 Å². The summed E-state index contributed by atoms with van der Waals surface area (Å²) < 4.78 is 38.2. The molecular formula is C18H18ClF3N2O. The van der Waals surface area contributed by atoms with E-state index in [1.165, 1.54) is 6.07 Å². The summed E-state index contributed by atoms with van der Waals surface area (Å²) in [5, 5.41) is 3.35. The quantitative estimate of drug-likeness (QED) is 0.830. The second-order valence-electron chi connectivity index (χ2n) is 5.78. The Hall–Kier alpha value is -2.05. The van der Waals surface area contributed by atoms with Gasteiger partial charge in [-0.15, -0.1) is 0 Å². The van der Waals surface area contributed by atoms with E-state index in [0.717, 1.165) is 17.7 Å². The lowest BCUT2D eigenvalue weighted by Gasteiger charge is -2.17. The summed E-state index contributed by atoms with van der Waals surface area (Å²) in [6.45, 7) is 0.669. The minimum atomic E-state index is -4.37. The third-order valence-corrected chi connectivity index (χ3v) is 3.73. The Morgan fingerprint density at radius 2 is 1.80 bits per heavy atom. The second kappa shape index (κ2) is 8.36. The van der Waals surface area contributed by atoms with Gasteiger partial charge in [-0.3, -0.25) is 9.69 Å². The van der Waals surface area contributed by atoms with Crippen LogP contribution >= 0.6 is 11.6 Å². The van der Waals surface area contributed by atoms with Crippen LogP contribution in [0, 0.1) is 0 Å². The topological polar surface area (TPSA) is 32.3 Å². The molecule has 0 heterocycles. The first-order valence-corrected chi connectivity index (χ1v) is 7.97. The standard InChI is InChI=1S/C18H18ClF3N2O/c1-24(11-14-5-2-6-15(8-14)18(20,21)22)12-17(25)23-10-13-4-3-7-16(19)9-13/h2-9H,10-12H2,1H3,(H,23,25). The number of rotatable bonds is 6. The van der Waals surface area contributed by atoms with Crippen molar-refractivity contribution in [2.75, 3.05) is 13.6 Å². The number of halogens is 4. The molecule has 0 unspecified atom stereocenters. The number of nitrogens with zero attached hydrogens (tertiary/aromatic N) is 1. The van der Waals surface area contributed by atoms with Crippen molar-refractivity contribution in [3.8, 4) is 0 Å². The first kappa shape index (κ1) is 19.3. The molecule has 0 aliphatic rings. The smallest absolute Gasteiger partial charge is 0.351 e. The number of hydrogen-bond donors (Lipinski definition) is 1. The third kappa shape index (κ3) is 6.40. The van der Waals surface area contributed by atoms with Crippen molar-refractivity contribution in [1.29, 1.82) is 0 Å². The van der Waals surface area contributed by atoms with Gasteiger partial charge in [-0.1, -0.05) is 41.9 Å². The second-order valence-corrected chi connectivity index (χ2v) is 6.21.